The third-order valence-electron chi connectivity index (χ3n) is 3.45. The maximum Gasteiger partial charge on any atom is 0.339 e. The van der Waals surface area contributed by atoms with Crippen molar-refractivity contribution in [3.05, 3.63) is 52.8 Å². The van der Waals surface area contributed by atoms with Crippen LogP contribution in [0.2, 0.25) is 5.02 Å². The zero-order valence-electron chi connectivity index (χ0n) is 13.0. The first-order valence-electron chi connectivity index (χ1n) is 7.30. The monoisotopic (exact) mass is 365 g/mol. The molecular formula is C17H13ClFNO5. The van der Waals surface area contributed by atoms with Crippen LogP contribution in [0.4, 0.5) is 10.1 Å². The predicted molar refractivity (Wildman–Crippen MR) is 87.5 cm³/mol. The molecule has 1 heterocycles. The molecule has 1 atom stereocenters. The molecule has 0 fully saturated rings. The highest BCUT2D eigenvalue weighted by Crippen LogP contribution is 2.32. The minimum atomic E-state index is -1.08. The van der Waals surface area contributed by atoms with Gasteiger partial charge in [0.25, 0.3) is 5.91 Å². The van der Waals surface area contributed by atoms with E-state index in [4.69, 9.17) is 25.8 Å². The standard InChI is InChI=1S/C17H13ClFNO5/c1-9(16(21)20-13-4-3-11(19)7-12(13)18)25-17(22)10-2-5-14-15(6-10)24-8-23-14/h2-7,9H,8H2,1H3,(H,20,21)/t9-/m1/s1. The van der Waals surface area contributed by atoms with Gasteiger partial charge in [0.2, 0.25) is 6.79 Å². The number of nitrogens with one attached hydrogen (secondary N) is 1. The third kappa shape index (κ3) is 3.83. The summed E-state index contributed by atoms with van der Waals surface area (Å²) in [6, 6.07) is 8.12. The number of amides is 1. The average molecular weight is 366 g/mol. The van der Waals surface area contributed by atoms with Crippen molar-refractivity contribution in [1.82, 2.24) is 0 Å². The second-order valence-electron chi connectivity index (χ2n) is 5.23. The molecule has 8 heteroatoms. The van der Waals surface area contributed by atoms with Gasteiger partial charge < -0.3 is 19.5 Å². The quantitative estimate of drug-likeness (QED) is 0.841. The van der Waals surface area contributed by atoms with Gasteiger partial charge in [-0.2, -0.15) is 0 Å². The second-order valence-corrected chi connectivity index (χ2v) is 5.64. The molecule has 1 amide bonds. The molecule has 0 aromatic heterocycles. The summed E-state index contributed by atoms with van der Waals surface area (Å²) >= 11 is 5.85. The topological polar surface area (TPSA) is 73.9 Å². The molecule has 0 aliphatic carbocycles. The van der Waals surface area contributed by atoms with Crippen molar-refractivity contribution in [2.45, 2.75) is 13.0 Å². The van der Waals surface area contributed by atoms with Gasteiger partial charge in [-0.25, -0.2) is 9.18 Å². The second kappa shape index (κ2) is 6.98. The first-order chi connectivity index (χ1) is 11.9. The van der Waals surface area contributed by atoms with E-state index in [2.05, 4.69) is 5.32 Å². The maximum atomic E-state index is 13.0. The number of carbonyl (C=O) groups excluding carboxylic acids is 2. The number of hydrogen-bond acceptors (Lipinski definition) is 5. The molecule has 130 valence electrons. The molecule has 2 aromatic carbocycles. The lowest BCUT2D eigenvalue weighted by atomic mass is 10.2. The Balaban J connectivity index is 1.63. The summed E-state index contributed by atoms with van der Waals surface area (Å²) in [7, 11) is 0. The SMILES string of the molecule is C[C@@H](OC(=O)c1ccc2c(c1)OCO2)C(=O)Nc1ccc(F)cc1Cl. The van der Waals surface area contributed by atoms with Gasteiger partial charge in [-0.3, -0.25) is 4.79 Å². The van der Waals surface area contributed by atoms with Gasteiger partial charge in [-0.1, -0.05) is 11.6 Å². The maximum absolute atomic E-state index is 13.0. The normalized spacial score (nSPS) is 13.2. The van der Waals surface area contributed by atoms with Crippen molar-refractivity contribution in [1.29, 1.82) is 0 Å². The summed E-state index contributed by atoms with van der Waals surface area (Å²) in [4.78, 5) is 24.3. The Hall–Kier alpha value is -2.80. The van der Waals surface area contributed by atoms with Crippen LogP contribution in [0.3, 0.4) is 0 Å². The minimum Gasteiger partial charge on any atom is -0.454 e. The fourth-order valence-corrected chi connectivity index (χ4v) is 2.35. The van der Waals surface area contributed by atoms with Crippen LogP contribution in [0, 0.1) is 5.82 Å². The van der Waals surface area contributed by atoms with E-state index in [0.29, 0.717) is 11.5 Å². The Morgan fingerprint density at radius 2 is 1.96 bits per heavy atom. The van der Waals surface area contributed by atoms with Crippen LogP contribution in [-0.4, -0.2) is 24.8 Å². The van der Waals surface area contributed by atoms with Gasteiger partial charge in [-0.05, 0) is 43.3 Å². The molecule has 0 saturated carbocycles. The van der Waals surface area contributed by atoms with Crippen molar-refractivity contribution in [3.63, 3.8) is 0 Å². The van der Waals surface area contributed by atoms with E-state index in [1.165, 1.54) is 25.1 Å². The lowest BCUT2D eigenvalue weighted by molar-refractivity contribution is -0.123. The van der Waals surface area contributed by atoms with Gasteiger partial charge in [0.15, 0.2) is 17.6 Å². The average Bonchev–Trinajstić information content (AvgIpc) is 3.04. The molecule has 1 aliphatic rings. The highest BCUT2D eigenvalue weighted by Gasteiger charge is 2.22. The number of halogens is 2. The molecule has 1 N–H and O–H groups in total. The molecule has 25 heavy (non-hydrogen) atoms. The Morgan fingerprint density at radius 3 is 2.72 bits per heavy atom. The largest absolute Gasteiger partial charge is 0.454 e. The van der Waals surface area contributed by atoms with Crippen molar-refractivity contribution < 1.29 is 28.2 Å². The fraction of sp³-hybridized carbons (Fsp3) is 0.176. The van der Waals surface area contributed by atoms with Crippen molar-refractivity contribution >= 4 is 29.2 Å². The molecule has 2 aromatic rings. The number of anilines is 1. The zero-order chi connectivity index (χ0) is 18.0. The summed E-state index contributed by atoms with van der Waals surface area (Å²) in [6.07, 6.45) is -1.08. The molecule has 1 aliphatic heterocycles. The zero-order valence-corrected chi connectivity index (χ0v) is 13.8. The number of ether oxygens (including phenoxy) is 3. The van der Waals surface area contributed by atoms with E-state index in [9.17, 15) is 14.0 Å². The number of rotatable bonds is 4. The predicted octanol–water partition coefficient (Wildman–Crippen LogP) is 3.39. The molecule has 0 spiro atoms. The van der Waals surface area contributed by atoms with E-state index in [-0.39, 0.29) is 23.1 Å². The molecular weight excluding hydrogens is 353 g/mol. The number of carbonyl (C=O) groups is 2. The van der Waals surface area contributed by atoms with Crippen LogP contribution in [0.1, 0.15) is 17.3 Å². The molecule has 0 unspecified atom stereocenters. The molecule has 3 rings (SSSR count). The van der Waals surface area contributed by atoms with E-state index < -0.39 is 23.8 Å². The smallest absolute Gasteiger partial charge is 0.339 e. The summed E-state index contributed by atoms with van der Waals surface area (Å²) in [5, 5.41) is 2.52. The molecule has 0 bridgehead atoms. The van der Waals surface area contributed by atoms with Crippen LogP contribution in [0.5, 0.6) is 11.5 Å². The van der Waals surface area contributed by atoms with E-state index in [1.807, 2.05) is 0 Å². The van der Waals surface area contributed by atoms with Gasteiger partial charge in [-0.15, -0.1) is 0 Å². The molecule has 6 nitrogen and oxygen atoms in total. The Kier molecular flexibility index (Phi) is 4.76. The van der Waals surface area contributed by atoms with Gasteiger partial charge >= 0.3 is 5.97 Å². The van der Waals surface area contributed by atoms with Crippen molar-refractivity contribution in [2.24, 2.45) is 0 Å². The Labute approximate surface area is 147 Å². The first-order valence-corrected chi connectivity index (χ1v) is 7.68. The summed E-state index contributed by atoms with van der Waals surface area (Å²) < 4.78 is 28.5. The summed E-state index contributed by atoms with van der Waals surface area (Å²) in [5.41, 5.74) is 0.447. The number of esters is 1. The van der Waals surface area contributed by atoms with Crippen LogP contribution in [-0.2, 0) is 9.53 Å². The van der Waals surface area contributed by atoms with Crippen LogP contribution in [0.25, 0.3) is 0 Å². The first kappa shape index (κ1) is 17.0. The molecule has 0 saturated heterocycles. The van der Waals surface area contributed by atoms with Crippen molar-refractivity contribution in [3.8, 4) is 11.5 Å². The summed E-state index contributed by atoms with van der Waals surface area (Å²) in [5.74, 6) is -0.836. The minimum absolute atomic E-state index is 0.0441. The van der Waals surface area contributed by atoms with Gasteiger partial charge in [0.05, 0.1) is 16.3 Å². The van der Waals surface area contributed by atoms with Crippen LogP contribution < -0.4 is 14.8 Å². The lowest BCUT2D eigenvalue weighted by Gasteiger charge is -2.14. The number of benzene rings is 2. The van der Waals surface area contributed by atoms with Gasteiger partial charge in [0, 0.05) is 0 Å². The van der Waals surface area contributed by atoms with Crippen molar-refractivity contribution in [2.75, 3.05) is 12.1 Å². The van der Waals surface area contributed by atoms with E-state index >= 15 is 0 Å². The number of fused-ring (bicyclic) bond motifs is 1. The Bertz CT molecular complexity index is 842. The Morgan fingerprint density at radius 1 is 1.20 bits per heavy atom. The third-order valence-corrected chi connectivity index (χ3v) is 3.76. The lowest BCUT2D eigenvalue weighted by Crippen LogP contribution is -2.30. The van der Waals surface area contributed by atoms with Crippen LogP contribution in [0.15, 0.2) is 36.4 Å². The van der Waals surface area contributed by atoms with Gasteiger partial charge in [0.1, 0.15) is 5.82 Å². The fourth-order valence-electron chi connectivity index (χ4n) is 2.13. The van der Waals surface area contributed by atoms with E-state index in [0.717, 1.165) is 12.1 Å². The van der Waals surface area contributed by atoms with Crippen LogP contribution >= 0.6 is 11.6 Å². The molecule has 0 radical (unpaired) electrons. The highest BCUT2D eigenvalue weighted by atomic mass is 35.5. The van der Waals surface area contributed by atoms with E-state index in [1.54, 1.807) is 6.07 Å². The summed E-state index contributed by atoms with van der Waals surface area (Å²) in [6.45, 7) is 1.50. The number of hydrogen-bond donors (Lipinski definition) is 1. The highest BCUT2D eigenvalue weighted by molar-refractivity contribution is 6.33.